The first-order valence-corrected chi connectivity index (χ1v) is 5.42. The van der Waals surface area contributed by atoms with Crippen molar-refractivity contribution in [2.45, 2.75) is 13.3 Å². The standard InChI is InChI=1S/C15H14O/c1-3-12-8-14-6-5-11(10-16)7-15(14)9-13(12)4-2/h3,5-10H,1,4H2,2H3. The molecular formula is C15H14O. The van der Waals surface area contributed by atoms with Gasteiger partial charge >= 0.3 is 0 Å². The summed E-state index contributed by atoms with van der Waals surface area (Å²) in [7, 11) is 0. The summed E-state index contributed by atoms with van der Waals surface area (Å²) in [5.41, 5.74) is 3.17. The maximum absolute atomic E-state index is 10.7. The Morgan fingerprint density at radius 1 is 1.19 bits per heavy atom. The quantitative estimate of drug-likeness (QED) is 0.703. The third kappa shape index (κ3) is 1.76. The monoisotopic (exact) mass is 210 g/mol. The van der Waals surface area contributed by atoms with Crippen LogP contribution in [0.3, 0.4) is 0 Å². The second-order valence-electron chi connectivity index (χ2n) is 3.83. The second kappa shape index (κ2) is 4.31. The predicted molar refractivity (Wildman–Crippen MR) is 68.8 cm³/mol. The van der Waals surface area contributed by atoms with E-state index in [1.54, 1.807) is 0 Å². The molecule has 0 atom stereocenters. The molecule has 0 aliphatic heterocycles. The van der Waals surface area contributed by atoms with E-state index >= 15 is 0 Å². The lowest BCUT2D eigenvalue weighted by Crippen LogP contribution is -1.88. The van der Waals surface area contributed by atoms with Gasteiger partial charge in [-0.05, 0) is 40.5 Å². The Balaban J connectivity index is 2.72. The van der Waals surface area contributed by atoms with Crippen molar-refractivity contribution in [3.8, 4) is 0 Å². The zero-order valence-corrected chi connectivity index (χ0v) is 9.36. The van der Waals surface area contributed by atoms with E-state index in [9.17, 15) is 4.79 Å². The van der Waals surface area contributed by atoms with Gasteiger partial charge in [-0.2, -0.15) is 0 Å². The highest BCUT2D eigenvalue weighted by atomic mass is 16.1. The Morgan fingerprint density at radius 2 is 2.00 bits per heavy atom. The average Bonchev–Trinajstić information content (AvgIpc) is 2.36. The highest BCUT2D eigenvalue weighted by Crippen LogP contribution is 2.22. The molecule has 0 bridgehead atoms. The van der Waals surface area contributed by atoms with Crippen molar-refractivity contribution in [2.24, 2.45) is 0 Å². The van der Waals surface area contributed by atoms with Crippen LogP contribution in [0.15, 0.2) is 36.9 Å². The number of hydrogen-bond acceptors (Lipinski definition) is 1. The van der Waals surface area contributed by atoms with Crippen LogP contribution >= 0.6 is 0 Å². The molecule has 0 fully saturated rings. The van der Waals surface area contributed by atoms with Gasteiger partial charge in [0.15, 0.2) is 0 Å². The van der Waals surface area contributed by atoms with Gasteiger partial charge < -0.3 is 0 Å². The minimum Gasteiger partial charge on any atom is -0.298 e. The van der Waals surface area contributed by atoms with E-state index in [1.165, 1.54) is 11.1 Å². The van der Waals surface area contributed by atoms with Crippen LogP contribution in [-0.4, -0.2) is 6.29 Å². The second-order valence-corrected chi connectivity index (χ2v) is 3.83. The number of carbonyl (C=O) groups is 1. The summed E-state index contributed by atoms with van der Waals surface area (Å²) in [6.45, 7) is 5.95. The molecule has 0 saturated carbocycles. The highest BCUT2D eigenvalue weighted by Gasteiger charge is 2.01. The number of benzene rings is 2. The number of hydrogen-bond donors (Lipinski definition) is 0. The van der Waals surface area contributed by atoms with Crippen molar-refractivity contribution in [3.63, 3.8) is 0 Å². The molecule has 2 rings (SSSR count). The summed E-state index contributed by atoms with van der Waals surface area (Å²) in [5, 5.41) is 2.27. The fourth-order valence-corrected chi connectivity index (χ4v) is 1.95. The summed E-state index contributed by atoms with van der Waals surface area (Å²) in [5.74, 6) is 0. The molecule has 1 heteroatoms. The molecule has 0 aromatic heterocycles. The normalized spacial score (nSPS) is 10.3. The van der Waals surface area contributed by atoms with Crippen LogP contribution in [0.2, 0.25) is 0 Å². The van der Waals surface area contributed by atoms with Crippen LogP contribution in [0.1, 0.15) is 28.4 Å². The van der Waals surface area contributed by atoms with Gasteiger partial charge in [-0.25, -0.2) is 0 Å². The van der Waals surface area contributed by atoms with Crippen molar-refractivity contribution < 1.29 is 4.79 Å². The summed E-state index contributed by atoms with van der Waals surface area (Å²) in [6, 6.07) is 10.0. The van der Waals surface area contributed by atoms with E-state index in [2.05, 4.69) is 25.6 Å². The van der Waals surface area contributed by atoms with Crippen LogP contribution in [0.5, 0.6) is 0 Å². The molecule has 1 nitrogen and oxygen atoms in total. The molecular weight excluding hydrogens is 196 g/mol. The zero-order valence-electron chi connectivity index (χ0n) is 9.36. The first-order valence-electron chi connectivity index (χ1n) is 5.42. The van der Waals surface area contributed by atoms with E-state index in [-0.39, 0.29) is 0 Å². The Labute approximate surface area is 95.4 Å². The molecule has 0 amide bonds. The average molecular weight is 210 g/mol. The van der Waals surface area contributed by atoms with Gasteiger partial charge in [0.25, 0.3) is 0 Å². The van der Waals surface area contributed by atoms with E-state index < -0.39 is 0 Å². The largest absolute Gasteiger partial charge is 0.298 e. The van der Waals surface area contributed by atoms with Gasteiger partial charge in [-0.3, -0.25) is 4.79 Å². The maximum atomic E-state index is 10.7. The lowest BCUT2D eigenvalue weighted by atomic mass is 9.98. The molecule has 0 aliphatic rings. The van der Waals surface area contributed by atoms with Crippen molar-refractivity contribution in [3.05, 3.63) is 53.6 Å². The first-order chi connectivity index (χ1) is 7.78. The molecule has 16 heavy (non-hydrogen) atoms. The predicted octanol–water partition coefficient (Wildman–Crippen LogP) is 3.86. The molecule has 2 aromatic rings. The number of rotatable bonds is 3. The summed E-state index contributed by atoms with van der Waals surface area (Å²) >= 11 is 0. The van der Waals surface area contributed by atoms with E-state index in [0.29, 0.717) is 0 Å². The molecule has 0 unspecified atom stereocenters. The van der Waals surface area contributed by atoms with Crippen molar-refractivity contribution in [2.75, 3.05) is 0 Å². The van der Waals surface area contributed by atoms with E-state index in [1.807, 2.05) is 24.3 Å². The number of aldehydes is 1. The van der Waals surface area contributed by atoms with Gasteiger partial charge in [-0.1, -0.05) is 37.8 Å². The molecule has 2 aromatic carbocycles. The number of aryl methyl sites for hydroxylation is 1. The van der Waals surface area contributed by atoms with Crippen LogP contribution in [0, 0.1) is 0 Å². The molecule has 0 saturated heterocycles. The number of fused-ring (bicyclic) bond motifs is 1. The van der Waals surface area contributed by atoms with Crippen molar-refractivity contribution >= 4 is 23.1 Å². The summed E-state index contributed by atoms with van der Waals surface area (Å²) in [4.78, 5) is 10.7. The fourth-order valence-electron chi connectivity index (χ4n) is 1.95. The van der Waals surface area contributed by atoms with Gasteiger partial charge in [0.05, 0.1) is 0 Å². The van der Waals surface area contributed by atoms with E-state index in [4.69, 9.17) is 0 Å². The van der Waals surface area contributed by atoms with E-state index in [0.717, 1.165) is 29.0 Å². The van der Waals surface area contributed by atoms with Gasteiger partial charge in [0.2, 0.25) is 0 Å². The van der Waals surface area contributed by atoms with Crippen molar-refractivity contribution in [1.29, 1.82) is 0 Å². The van der Waals surface area contributed by atoms with Crippen LogP contribution in [0.25, 0.3) is 16.8 Å². The highest BCUT2D eigenvalue weighted by molar-refractivity contribution is 5.91. The topological polar surface area (TPSA) is 17.1 Å². The Morgan fingerprint density at radius 3 is 2.62 bits per heavy atom. The molecule has 0 radical (unpaired) electrons. The van der Waals surface area contributed by atoms with Gasteiger partial charge in [-0.15, -0.1) is 0 Å². The Kier molecular flexibility index (Phi) is 2.86. The third-order valence-electron chi connectivity index (χ3n) is 2.86. The molecule has 0 spiro atoms. The van der Waals surface area contributed by atoms with Crippen LogP contribution in [0.4, 0.5) is 0 Å². The zero-order chi connectivity index (χ0) is 11.5. The summed E-state index contributed by atoms with van der Waals surface area (Å²) in [6.07, 6.45) is 3.74. The third-order valence-corrected chi connectivity index (χ3v) is 2.86. The minimum absolute atomic E-state index is 0.723. The maximum Gasteiger partial charge on any atom is 0.150 e. The molecule has 0 aliphatic carbocycles. The lowest BCUT2D eigenvalue weighted by Gasteiger charge is -2.07. The lowest BCUT2D eigenvalue weighted by molar-refractivity contribution is 0.112. The number of carbonyl (C=O) groups excluding carboxylic acids is 1. The Hall–Kier alpha value is -1.89. The van der Waals surface area contributed by atoms with Gasteiger partial charge in [0.1, 0.15) is 6.29 Å². The molecule has 0 heterocycles. The molecule has 0 N–H and O–H groups in total. The van der Waals surface area contributed by atoms with Crippen LogP contribution in [-0.2, 0) is 6.42 Å². The molecule has 80 valence electrons. The van der Waals surface area contributed by atoms with Gasteiger partial charge in [0, 0.05) is 5.56 Å². The smallest absolute Gasteiger partial charge is 0.150 e. The summed E-state index contributed by atoms with van der Waals surface area (Å²) < 4.78 is 0. The SMILES string of the molecule is C=Cc1cc2ccc(C=O)cc2cc1CC. The first kappa shape index (κ1) is 10.6. The Bertz CT molecular complexity index is 553. The van der Waals surface area contributed by atoms with Crippen LogP contribution < -0.4 is 0 Å². The minimum atomic E-state index is 0.723. The fraction of sp³-hybridized carbons (Fsp3) is 0.133. The van der Waals surface area contributed by atoms with Crippen molar-refractivity contribution in [1.82, 2.24) is 0 Å².